The fraction of sp³-hybridized carbons (Fsp3) is 0.588. The fourth-order valence-corrected chi connectivity index (χ4v) is 2.49. The molecule has 21 heavy (non-hydrogen) atoms. The maximum Gasteiger partial charge on any atom is 0.325 e. The van der Waals surface area contributed by atoms with Gasteiger partial charge in [-0.1, -0.05) is 0 Å². The van der Waals surface area contributed by atoms with Crippen LogP contribution in [-0.2, 0) is 9.53 Å². The molecule has 4 heteroatoms. The first-order valence-electron chi connectivity index (χ1n) is 7.75. The first-order chi connectivity index (χ1) is 9.94. The van der Waals surface area contributed by atoms with Crippen LogP contribution in [0.15, 0.2) is 24.3 Å². The summed E-state index contributed by atoms with van der Waals surface area (Å²) in [4.78, 5) is 14.1. The van der Waals surface area contributed by atoms with Crippen molar-refractivity contribution in [2.45, 2.75) is 45.6 Å². The summed E-state index contributed by atoms with van der Waals surface area (Å²) in [6, 6.07) is 8.27. The van der Waals surface area contributed by atoms with Crippen LogP contribution in [0.5, 0.6) is 0 Å². The van der Waals surface area contributed by atoms with Gasteiger partial charge in [-0.3, -0.25) is 4.79 Å². The molecular formula is C17H26N2O2. The number of rotatable bonds is 4. The highest BCUT2D eigenvalue weighted by Gasteiger charge is 2.16. The van der Waals surface area contributed by atoms with E-state index in [0.717, 1.165) is 18.8 Å². The van der Waals surface area contributed by atoms with Crippen LogP contribution in [0.1, 0.15) is 40.0 Å². The summed E-state index contributed by atoms with van der Waals surface area (Å²) in [6.45, 7) is 8.10. The van der Waals surface area contributed by atoms with Gasteiger partial charge in [0.05, 0.1) is 0 Å². The molecule has 1 heterocycles. The summed E-state index contributed by atoms with van der Waals surface area (Å²) >= 11 is 0. The molecule has 1 N–H and O–H groups in total. The Morgan fingerprint density at radius 3 is 2.33 bits per heavy atom. The minimum Gasteiger partial charge on any atom is -0.459 e. The van der Waals surface area contributed by atoms with Crippen LogP contribution < -0.4 is 10.2 Å². The largest absolute Gasteiger partial charge is 0.459 e. The molecule has 2 rings (SSSR count). The number of esters is 1. The van der Waals surface area contributed by atoms with Crippen molar-refractivity contribution in [3.63, 3.8) is 0 Å². The van der Waals surface area contributed by atoms with Crippen LogP contribution in [0.3, 0.4) is 0 Å². The number of carbonyl (C=O) groups excluding carboxylic acids is 1. The number of anilines is 2. The molecule has 0 aliphatic carbocycles. The molecule has 0 aromatic heterocycles. The molecule has 1 saturated heterocycles. The first kappa shape index (κ1) is 15.7. The lowest BCUT2D eigenvalue weighted by molar-refractivity contribution is -0.152. The minimum atomic E-state index is -0.434. The molecule has 0 radical (unpaired) electrons. The highest BCUT2D eigenvalue weighted by molar-refractivity contribution is 5.75. The van der Waals surface area contributed by atoms with Gasteiger partial charge in [0.15, 0.2) is 0 Å². The quantitative estimate of drug-likeness (QED) is 0.863. The number of benzene rings is 1. The highest BCUT2D eigenvalue weighted by Crippen LogP contribution is 2.21. The van der Waals surface area contributed by atoms with Gasteiger partial charge in [0, 0.05) is 24.5 Å². The SMILES string of the molecule is CC(C)(C)OC(=O)CNc1ccc(N2CCCCC2)cc1. The van der Waals surface area contributed by atoms with Gasteiger partial charge in [0.25, 0.3) is 0 Å². The summed E-state index contributed by atoms with van der Waals surface area (Å²) < 4.78 is 5.27. The summed E-state index contributed by atoms with van der Waals surface area (Å²) in [5.41, 5.74) is 1.77. The van der Waals surface area contributed by atoms with Crippen molar-refractivity contribution >= 4 is 17.3 Å². The number of nitrogens with zero attached hydrogens (tertiary/aromatic N) is 1. The van der Waals surface area contributed by atoms with E-state index in [2.05, 4.69) is 22.3 Å². The second-order valence-electron chi connectivity index (χ2n) is 6.53. The van der Waals surface area contributed by atoms with E-state index >= 15 is 0 Å². The van der Waals surface area contributed by atoms with Crippen LogP contribution in [0.25, 0.3) is 0 Å². The molecule has 1 aromatic carbocycles. The van der Waals surface area contributed by atoms with Crippen molar-refractivity contribution in [2.75, 3.05) is 29.9 Å². The highest BCUT2D eigenvalue weighted by atomic mass is 16.6. The number of piperidine rings is 1. The molecule has 4 nitrogen and oxygen atoms in total. The zero-order valence-corrected chi connectivity index (χ0v) is 13.3. The van der Waals surface area contributed by atoms with Gasteiger partial charge < -0.3 is 15.0 Å². The third-order valence-corrected chi connectivity index (χ3v) is 3.45. The topological polar surface area (TPSA) is 41.6 Å². The summed E-state index contributed by atoms with van der Waals surface area (Å²) in [5.74, 6) is -0.234. The van der Waals surface area contributed by atoms with E-state index in [1.165, 1.54) is 24.9 Å². The fourth-order valence-electron chi connectivity index (χ4n) is 2.49. The predicted octanol–water partition coefficient (Wildman–Crippen LogP) is 3.43. The molecular weight excluding hydrogens is 264 g/mol. The second-order valence-corrected chi connectivity index (χ2v) is 6.53. The maximum absolute atomic E-state index is 11.7. The Morgan fingerprint density at radius 1 is 1.14 bits per heavy atom. The second kappa shape index (κ2) is 6.83. The molecule has 1 aliphatic heterocycles. The number of hydrogen-bond donors (Lipinski definition) is 1. The standard InChI is InChI=1S/C17H26N2O2/c1-17(2,3)21-16(20)13-18-14-7-9-15(10-8-14)19-11-5-4-6-12-19/h7-10,18H,4-6,11-13H2,1-3H3. The van der Waals surface area contributed by atoms with Crippen LogP contribution in [0, 0.1) is 0 Å². The van der Waals surface area contributed by atoms with Crippen LogP contribution in [0.2, 0.25) is 0 Å². The van der Waals surface area contributed by atoms with Gasteiger partial charge in [-0.05, 0) is 64.3 Å². The molecule has 1 aromatic rings. The van der Waals surface area contributed by atoms with Crippen LogP contribution in [-0.4, -0.2) is 31.2 Å². The van der Waals surface area contributed by atoms with Crippen molar-refractivity contribution in [1.29, 1.82) is 0 Å². The monoisotopic (exact) mass is 290 g/mol. The van der Waals surface area contributed by atoms with Gasteiger partial charge >= 0.3 is 5.97 Å². The Labute approximate surface area is 127 Å². The van der Waals surface area contributed by atoms with Gasteiger partial charge in [-0.15, -0.1) is 0 Å². The van der Waals surface area contributed by atoms with Gasteiger partial charge in [0.2, 0.25) is 0 Å². The Kier molecular flexibility index (Phi) is 5.10. The summed E-state index contributed by atoms with van der Waals surface area (Å²) in [7, 11) is 0. The lowest BCUT2D eigenvalue weighted by atomic mass is 10.1. The third-order valence-electron chi connectivity index (χ3n) is 3.45. The van der Waals surface area contributed by atoms with Crippen molar-refractivity contribution in [3.05, 3.63) is 24.3 Å². The predicted molar refractivity (Wildman–Crippen MR) is 86.8 cm³/mol. The van der Waals surface area contributed by atoms with E-state index in [4.69, 9.17) is 4.74 Å². The van der Waals surface area contributed by atoms with Crippen LogP contribution in [0.4, 0.5) is 11.4 Å². The Morgan fingerprint density at radius 2 is 1.76 bits per heavy atom. The van der Waals surface area contributed by atoms with E-state index < -0.39 is 5.60 Å². The number of hydrogen-bond acceptors (Lipinski definition) is 4. The third kappa shape index (κ3) is 5.29. The van der Waals surface area contributed by atoms with Crippen molar-refractivity contribution in [2.24, 2.45) is 0 Å². The van der Waals surface area contributed by atoms with Crippen molar-refractivity contribution in [1.82, 2.24) is 0 Å². The van der Waals surface area contributed by atoms with E-state index in [1.807, 2.05) is 32.9 Å². The zero-order chi connectivity index (χ0) is 15.3. The molecule has 1 aliphatic rings. The molecule has 0 unspecified atom stereocenters. The van der Waals surface area contributed by atoms with Crippen molar-refractivity contribution in [3.8, 4) is 0 Å². The zero-order valence-electron chi connectivity index (χ0n) is 13.3. The maximum atomic E-state index is 11.7. The molecule has 0 bridgehead atoms. The Balaban J connectivity index is 1.83. The molecule has 0 spiro atoms. The molecule has 1 fully saturated rings. The smallest absolute Gasteiger partial charge is 0.325 e. The average molecular weight is 290 g/mol. The van der Waals surface area contributed by atoms with Gasteiger partial charge in [-0.25, -0.2) is 0 Å². The summed E-state index contributed by atoms with van der Waals surface area (Å²) in [5, 5.41) is 3.10. The summed E-state index contributed by atoms with van der Waals surface area (Å²) in [6.07, 6.45) is 3.89. The van der Waals surface area contributed by atoms with Gasteiger partial charge in [-0.2, -0.15) is 0 Å². The lowest BCUT2D eigenvalue weighted by Gasteiger charge is -2.28. The minimum absolute atomic E-state index is 0.195. The Bertz CT molecular complexity index is 457. The Hall–Kier alpha value is -1.71. The number of carbonyl (C=O) groups is 1. The average Bonchev–Trinajstić information content (AvgIpc) is 2.45. The number of nitrogens with one attached hydrogen (secondary N) is 1. The lowest BCUT2D eigenvalue weighted by Crippen LogP contribution is -2.29. The van der Waals surface area contributed by atoms with E-state index in [1.54, 1.807) is 0 Å². The van der Waals surface area contributed by atoms with Crippen LogP contribution >= 0.6 is 0 Å². The number of ether oxygens (including phenoxy) is 1. The molecule has 0 saturated carbocycles. The molecule has 0 amide bonds. The van der Waals surface area contributed by atoms with Crippen molar-refractivity contribution < 1.29 is 9.53 Å². The molecule has 116 valence electrons. The first-order valence-corrected chi connectivity index (χ1v) is 7.75. The van der Waals surface area contributed by atoms with E-state index in [-0.39, 0.29) is 12.5 Å². The van der Waals surface area contributed by atoms with E-state index in [9.17, 15) is 4.79 Å². The van der Waals surface area contributed by atoms with E-state index in [0.29, 0.717) is 0 Å². The normalized spacial score (nSPS) is 15.7. The molecule has 0 atom stereocenters. The van der Waals surface area contributed by atoms with Gasteiger partial charge in [0.1, 0.15) is 12.1 Å².